The van der Waals surface area contributed by atoms with E-state index in [9.17, 15) is 4.79 Å². The van der Waals surface area contributed by atoms with Crippen molar-refractivity contribution < 1.29 is 4.79 Å². The van der Waals surface area contributed by atoms with Gasteiger partial charge < -0.3 is 11.1 Å². The normalized spacial score (nSPS) is 21.1. The van der Waals surface area contributed by atoms with Gasteiger partial charge in [0, 0.05) is 12.1 Å². The first-order valence-electron chi connectivity index (χ1n) is 7.98. The van der Waals surface area contributed by atoms with Crippen LogP contribution >= 0.6 is 35.9 Å². The van der Waals surface area contributed by atoms with Crippen LogP contribution < -0.4 is 11.1 Å². The summed E-state index contributed by atoms with van der Waals surface area (Å²) in [6, 6.07) is 8.10. The van der Waals surface area contributed by atoms with Gasteiger partial charge in [-0.3, -0.25) is 4.79 Å². The number of hydrogen-bond acceptors (Lipinski definition) is 4. The van der Waals surface area contributed by atoms with Gasteiger partial charge in [0.1, 0.15) is 0 Å². The molecule has 0 radical (unpaired) electrons. The van der Waals surface area contributed by atoms with E-state index in [-0.39, 0.29) is 23.9 Å². The van der Waals surface area contributed by atoms with Crippen molar-refractivity contribution in [1.82, 2.24) is 5.32 Å². The summed E-state index contributed by atoms with van der Waals surface area (Å²) in [6.45, 7) is 2.56. The highest BCUT2D eigenvalue weighted by molar-refractivity contribution is 8.16. The third kappa shape index (κ3) is 4.59. The molecule has 1 aliphatic carbocycles. The Balaban J connectivity index is 0.00000192. The maximum atomic E-state index is 12.5. The molecule has 3 rings (SSSR count). The highest BCUT2D eigenvalue weighted by Gasteiger charge is 2.41. The summed E-state index contributed by atoms with van der Waals surface area (Å²) in [5.74, 6) is 3.00. The molecule has 1 aromatic rings. The van der Waals surface area contributed by atoms with Gasteiger partial charge in [-0.15, -0.1) is 35.9 Å². The molecule has 1 aliphatic heterocycles. The summed E-state index contributed by atoms with van der Waals surface area (Å²) >= 11 is 4.00. The predicted molar refractivity (Wildman–Crippen MR) is 104 cm³/mol. The molecule has 1 heterocycles. The Labute approximate surface area is 153 Å². The molecular formula is C17H25ClN2OS2. The maximum absolute atomic E-state index is 12.5. The molecule has 2 aliphatic rings. The summed E-state index contributed by atoms with van der Waals surface area (Å²) in [4.78, 5) is 12.5. The van der Waals surface area contributed by atoms with Crippen LogP contribution in [0, 0.1) is 5.92 Å². The van der Waals surface area contributed by atoms with E-state index < -0.39 is 0 Å². The average molecular weight is 373 g/mol. The van der Waals surface area contributed by atoms with Crippen molar-refractivity contribution in [2.45, 2.75) is 36.3 Å². The molecule has 0 bridgehead atoms. The fraction of sp³-hybridized carbons (Fsp3) is 0.588. The predicted octanol–water partition coefficient (Wildman–Crippen LogP) is 3.83. The van der Waals surface area contributed by atoms with Gasteiger partial charge in [-0.2, -0.15) is 0 Å². The standard InChI is InChI=1S/C17H24N2OS2.ClH/c1-17(11-18,14-7-8-14)19-15(20)12-3-5-13(6-4-12)16-21-9-2-10-22-16;/h3-6,14,16H,2,7-11,18H2,1H3,(H,19,20);1H. The van der Waals surface area contributed by atoms with Gasteiger partial charge in [-0.05, 0) is 61.3 Å². The number of thioether (sulfide) groups is 2. The average Bonchev–Trinajstić information content (AvgIpc) is 3.41. The smallest absolute Gasteiger partial charge is 0.251 e. The van der Waals surface area contributed by atoms with E-state index in [1.807, 2.05) is 35.7 Å². The Kier molecular flexibility index (Phi) is 6.72. The first-order valence-corrected chi connectivity index (χ1v) is 10.1. The largest absolute Gasteiger partial charge is 0.345 e. The van der Waals surface area contributed by atoms with Crippen molar-refractivity contribution in [2.75, 3.05) is 18.1 Å². The minimum Gasteiger partial charge on any atom is -0.345 e. The lowest BCUT2D eigenvalue weighted by atomic mass is 9.95. The molecule has 128 valence electrons. The highest BCUT2D eigenvalue weighted by atomic mass is 35.5. The molecule has 3 N–H and O–H groups in total. The quantitative estimate of drug-likeness (QED) is 0.824. The number of carbonyl (C=O) groups is 1. The van der Waals surface area contributed by atoms with Gasteiger partial charge in [-0.25, -0.2) is 0 Å². The molecule has 1 amide bonds. The second-order valence-corrected chi connectivity index (χ2v) is 9.12. The van der Waals surface area contributed by atoms with E-state index in [1.165, 1.54) is 36.3 Å². The second kappa shape index (κ2) is 8.15. The topological polar surface area (TPSA) is 55.1 Å². The van der Waals surface area contributed by atoms with Crippen LogP contribution in [0.3, 0.4) is 0 Å². The van der Waals surface area contributed by atoms with E-state index in [0.29, 0.717) is 17.0 Å². The van der Waals surface area contributed by atoms with Crippen molar-refractivity contribution in [2.24, 2.45) is 11.7 Å². The lowest BCUT2D eigenvalue weighted by molar-refractivity contribution is 0.0898. The van der Waals surface area contributed by atoms with Crippen LogP contribution in [-0.2, 0) is 0 Å². The summed E-state index contributed by atoms with van der Waals surface area (Å²) < 4.78 is 0.520. The van der Waals surface area contributed by atoms with Crippen LogP contribution in [-0.4, -0.2) is 29.5 Å². The molecular weight excluding hydrogens is 348 g/mol. The van der Waals surface area contributed by atoms with Crippen LogP contribution in [0.2, 0.25) is 0 Å². The van der Waals surface area contributed by atoms with Gasteiger partial charge in [0.25, 0.3) is 5.91 Å². The third-order valence-corrected chi connectivity index (χ3v) is 7.59. The van der Waals surface area contributed by atoms with Gasteiger partial charge in [0.05, 0.1) is 10.1 Å². The number of nitrogens with two attached hydrogens (primary N) is 1. The monoisotopic (exact) mass is 372 g/mol. The molecule has 0 aromatic heterocycles. The van der Waals surface area contributed by atoms with Gasteiger partial charge in [0.2, 0.25) is 0 Å². The lowest BCUT2D eigenvalue weighted by Crippen LogP contribution is -2.53. The molecule has 0 spiro atoms. The zero-order valence-corrected chi connectivity index (χ0v) is 15.9. The first-order chi connectivity index (χ1) is 10.6. The number of nitrogens with one attached hydrogen (secondary N) is 1. The second-order valence-electron chi connectivity index (χ2n) is 6.40. The molecule has 1 atom stereocenters. The summed E-state index contributed by atoms with van der Waals surface area (Å²) in [5.41, 5.74) is 7.66. The van der Waals surface area contributed by atoms with E-state index in [2.05, 4.69) is 24.4 Å². The van der Waals surface area contributed by atoms with Crippen LogP contribution in [0.4, 0.5) is 0 Å². The highest BCUT2D eigenvalue weighted by Crippen LogP contribution is 2.43. The van der Waals surface area contributed by atoms with Gasteiger partial charge in [-0.1, -0.05) is 12.1 Å². The third-order valence-electron chi connectivity index (χ3n) is 4.57. The van der Waals surface area contributed by atoms with Gasteiger partial charge in [0.15, 0.2) is 0 Å². The number of amides is 1. The molecule has 23 heavy (non-hydrogen) atoms. The summed E-state index contributed by atoms with van der Waals surface area (Å²) in [7, 11) is 0. The maximum Gasteiger partial charge on any atom is 0.251 e. The fourth-order valence-corrected chi connectivity index (χ4v) is 5.74. The molecule has 6 heteroatoms. The Morgan fingerprint density at radius 3 is 2.39 bits per heavy atom. The Morgan fingerprint density at radius 1 is 1.26 bits per heavy atom. The number of rotatable bonds is 5. The lowest BCUT2D eigenvalue weighted by Gasteiger charge is -2.29. The SMILES string of the molecule is CC(CN)(NC(=O)c1ccc(C2SCCCS2)cc1)C1CC1.Cl. The summed E-state index contributed by atoms with van der Waals surface area (Å²) in [5, 5.41) is 3.15. The first kappa shape index (κ1) is 19.0. The molecule has 1 unspecified atom stereocenters. The minimum absolute atomic E-state index is 0. The van der Waals surface area contributed by atoms with Crippen molar-refractivity contribution in [3.8, 4) is 0 Å². The Morgan fingerprint density at radius 2 is 1.87 bits per heavy atom. The number of benzene rings is 1. The van der Waals surface area contributed by atoms with E-state index in [0.717, 1.165) is 5.56 Å². The summed E-state index contributed by atoms with van der Waals surface area (Å²) in [6.07, 6.45) is 3.64. The van der Waals surface area contributed by atoms with E-state index in [1.54, 1.807) is 0 Å². The Bertz CT molecular complexity index is 530. The van der Waals surface area contributed by atoms with E-state index in [4.69, 9.17) is 5.73 Å². The molecule has 1 aromatic carbocycles. The number of hydrogen-bond donors (Lipinski definition) is 2. The van der Waals surface area contributed by atoms with E-state index >= 15 is 0 Å². The molecule has 1 saturated carbocycles. The van der Waals surface area contributed by atoms with Crippen molar-refractivity contribution in [3.05, 3.63) is 35.4 Å². The van der Waals surface area contributed by atoms with Crippen molar-refractivity contribution >= 4 is 41.8 Å². The van der Waals surface area contributed by atoms with Crippen LogP contribution in [0.25, 0.3) is 0 Å². The van der Waals surface area contributed by atoms with Crippen LogP contribution in [0.15, 0.2) is 24.3 Å². The number of halogens is 1. The zero-order chi connectivity index (χ0) is 15.6. The molecule has 2 fully saturated rings. The van der Waals surface area contributed by atoms with Crippen LogP contribution in [0.5, 0.6) is 0 Å². The Hall–Kier alpha value is -0.360. The zero-order valence-electron chi connectivity index (χ0n) is 13.4. The number of carbonyl (C=O) groups excluding carboxylic acids is 1. The van der Waals surface area contributed by atoms with Crippen molar-refractivity contribution in [3.63, 3.8) is 0 Å². The van der Waals surface area contributed by atoms with Gasteiger partial charge >= 0.3 is 0 Å². The fourth-order valence-electron chi connectivity index (χ4n) is 2.84. The molecule has 1 saturated heterocycles. The van der Waals surface area contributed by atoms with Crippen LogP contribution in [0.1, 0.15) is 46.7 Å². The minimum atomic E-state index is -0.259. The molecule has 3 nitrogen and oxygen atoms in total. The van der Waals surface area contributed by atoms with Crippen molar-refractivity contribution in [1.29, 1.82) is 0 Å².